The number of aryl methyl sites for hydroxylation is 1. The van der Waals surface area contributed by atoms with Crippen molar-refractivity contribution in [1.82, 2.24) is 15.2 Å². The fourth-order valence-electron chi connectivity index (χ4n) is 1.16. The summed E-state index contributed by atoms with van der Waals surface area (Å²) in [6, 6.07) is 2.60. The fourth-order valence-corrected chi connectivity index (χ4v) is 1.16. The largest absolute Gasteiger partial charge is 0.433 e. The van der Waals surface area contributed by atoms with Gasteiger partial charge in [-0.1, -0.05) is 0 Å². The van der Waals surface area contributed by atoms with Crippen molar-refractivity contribution in [3.05, 3.63) is 44.2 Å². The van der Waals surface area contributed by atoms with Crippen LogP contribution in [0.15, 0.2) is 26.4 Å². The summed E-state index contributed by atoms with van der Waals surface area (Å²) in [6.07, 6.45) is 1.22. The second kappa shape index (κ2) is 5.08. The van der Waals surface area contributed by atoms with Crippen LogP contribution in [0.1, 0.15) is 11.5 Å². The minimum absolute atomic E-state index is 0.182. The lowest BCUT2D eigenvalue weighted by Crippen LogP contribution is -2.15. The fraction of sp³-hybridized carbons (Fsp3) is 0.111. The summed E-state index contributed by atoms with van der Waals surface area (Å²) in [5.41, 5.74) is 2.32. The number of nitrogens with one attached hydrogen (secondary N) is 2. The molecule has 0 aliphatic heterocycles. The number of rotatable bonds is 4. The minimum atomic E-state index is -0.656. The van der Waals surface area contributed by atoms with Gasteiger partial charge in [0, 0.05) is 0 Å². The lowest BCUT2D eigenvalue weighted by atomic mass is 10.5. The molecule has 98 valence electrons. The van der Waals surface area contributed by atoms with Crippen molar-refractivity contribution in [2.24, 2.45) is 5.10 Å². The molecule has 0 fully saturated rings. The minimum Gasteiger partial charge on any atom is -0.400 e. The van der Waals surface area contributed by atoms with E-state index in [0.717, 1.165) is 0 Å². The molecular formula is C9H8N6O4. The zero-order valence-electron chi connectivity index (χ0n) is 9.65. The van der Waals surface area contributed by atoms with Gasteiger partial charge in [-0.25, -0.2) is 9.89 Å². The molecule has 0 aromatic carbocycles. The molecule has 10 heteroatoms. The van der Waals surface area contributed by atoms with Crippen LogP contribution in [-0.4, -0.2) is 26.3 Å². The lowest BCUT2D eigenvalue weighted by Gasteiger charge is -1.99. The molecule has 0 saturated carbocycles. The first-order valence-electron chi connectivity index (χ1n) is 5.03. The second-order valence-electron chi connectivity index (χ2n) is 3.38. The Morgan fingerprint density at radius 2 is 2.37 bits per heavy atom. The number of hydrogen-bond donors (Lipinski definition) is 2. The van der Waals surface area contributed by atoms with E-state index >= 15 is 0 Å². The Kier molecular flexibility index (Phi) is 3.32. The summed E-state index contributed by atoms with van der Waals surface area (Å²) in [4.78, 5) is 24.3. The molecule has 0 amide bonds. The maximum Gasteiger partial charge on any atom is 0.433 e. The van der Waals surface area contributed by atoms with Crippen LogP contribution in [-0.2, 0) is 0 Å². The summed E-state index contributed by atoms with van der Waals surface area (Å²) in [6.45, 7) is 1.62. The van der Waals surface area contributed by atoms with E-state index in [0.29, 0.717) is 5.69 Å². The molecule has 0 unspecified atom stereocenters. The van der Waals surface area contributed by atoms with E-state index in [9.17, 15) is 14.9 Å². The molecule has 0 bridgehead atoms. The van der Waals surface area contributed by atoms with Gasteiger partial charge in [0.25, 0.3) is 0 Å². The normalized spacial score (nSPS) is 10.8. The Hall–Kier alpha value is -3.04. The van der Waals surface area contributed by atoms with E-state index in [2.05, 4.69) is 25.7 Å². The van der Waals surface area contributed by atoms with Crippen molar-refractivity contribution < 1.29 is 9.34 Å². The number of furan rings is 1. The molecule has 2 heterocycles. The summed E-state index contributed by atoms with van der Waals surface area (Å²) >= 11 is 0. The van der Waals surface area contributed by atoms with Crippen LogP contribution in [0.2, 0.25) is 0 Å². The van der Waals surface area contributed by atoms with E-state index in [1.807, 2.05) is 0 Å². The molecule has 2 rings (SSSR count). The van der Waals surface area contributed by atoms with Gasteiger partial charge in [-0.05, 0) is 13.0 Å². The van der Waals surface area contributed by atoms with Crippen molar-refractivity contribution in [2.75, 3.05) is 5.43 Å². The quantitative estimate of drug-likeness (QED) is 0.463. The molecule has 19 heavy (non-hydrogen) atoms. The Balaban J connectivity index is 2.08. The highest BCUT2D eigenvalue weighted by atomic mass is 16.6. The molecule has 0 aliphatic rings. The van der Waals surface area contributed by atoms with Crippen molar-refractivity contribution in [1.29, 1.82) is 0 Å². The zero-order chi connectivity index (χ0) is 13.8. The zero-order valence-corrected chi connectivity index (χ0v) is 9.65. The van der Waals surface area contributed by atoms with Crippen LogP contribution in [0.3, 0.4) is 0 Å². The third kappa shape index (κ3) is 3.00. The average Bonchev–Trinajstić information content (AvgIpc) is 2.82. The summed E-state index contributed by atoms with van der Waals surface area (Å²) in [5, 5.41) is 20.0. The molecule has 10 nitrogen and oxygen atoms in total. The predicted octanol–water partition coefficient (Wildman–Crippen LogP) is 0.421. The van der Waals surface area contributed by atoms with Crippen molar-refractivity contribution in [2.45, 2.75) is 6.92 Å². The van der Waals surface area contributed by atoms with Crippen molar-refractivity contribution in [3.8, 4) is 0 Å². The van der Waals surface area contributed by atoms with Crippen molar-refractivity contribution >= 4 is 17.9 Å². The number of aromatic amines is 1. The van der Waals surface area contributed by atoms with Gasteiger partial charge >= 0.3 is 11.6 Å². The molecule has 0 spiro atoms. The highest BCUT2D eigenvalue weighted by Crippen LogP contribution is 2.13. The van der Waals surface area contributed by atoms with Gasteiger partial charge in [0.15, 0.2) is 11.6 Å². The third-order valence-corrected chi connectivity index (χ3v) is 2.03. The maximum absolute atomic E-state index is 10.9. The topological polar surface area (TPSA) is 139 Å². The molecular weight excluding hydrogens is 256 g/mol. The van der Waals surface area contributed by atoms with Crippen LogP contribution >= 0.6 is 0 Å². The van der Waals surface area contributed by atoms with Gasteiger partial charge in [-0.2, -0.15) is 15.2 Å². The van der Waals surface area contributed by atoms with E-state index in [1.165, 1.54) is 18.3 Å². The summed E-state index contributed by atoms with van der Waals surface area (Å²) < 4.78 is 4.84. The second-order valence-corrected chi connectivity index (χ2v) is 3.38. The summed E-state index contributed by atoms with van der Waals surface area (Å²) in [7, 11) is 0. The van der Waals surface area contributed by atoms with E-state index in [1.54, 1.807) is 6.92 Å². The molecule has 2 aromatic heterocycles. The molecule has 0 aliphatic carbocycles. The Bertz CT molecular complexity index is 688. The van der Waals surface area contributed by atoms with Crippen LogP contribution in [0.25, 0.3) is 0 Å². The SMILES string of the molecule is Cc1n[nH]c(=O)nc1NN=Cc1ccc([N+](=O)[O-])o1. The Morgan fingerprint density at radius 3 is 3.05 bits per heavy atom. The predicted molar refractivity (Wildman–Crippen MR) is 64.0 cm³/mol. The van der Waals surface area contributed by atoms with Gasteiger partial charge in [0.1, 0.15) is 10.6 Å². The number of hydrazone groups is 1. The van der Waals surface area contributed by atoms with Gasteiger partial charge < -0.3 is 4.42 Å². The first-order valence-corrected chi connectivity index (χ1v) is 5.03. The van der Waals surface area contributed by atoms with Gasteiger partial charge in [-0.3, -0.25) is 15.5 Å². The number of H-pyrrole nitrogens is 1. The van der Waals surface area contributed by atoms with Gasteiger partial charge in [0.2, 0.25) is 0 Å². The average molecular weight is 264 g/mol. The van der Waals surface area contributed by atoms with Crippen LogP contribution in [0.5, 0.6) is 0 Å². The lowest BCUT2D eigenvalue weighted by molar-refractivity contribution is -0.402. The number of aromatic nitrogens is 3. The molecule has 0 saturated heterocycles. The molecule has 2 aromatic rings. The smallest absolute Gasteiger partial charge is 0.400 e. The molecule has 0 atom stereocenters. The highest BCUT2D eigenvalue weighted by Gasteiger charge is 2.10. The standard InChI is InChI=1S/C9H8N6O4/c1-5-8(11-9(16)14-12-5)13-10-4-6-2-3-7(19-6)15(17)18/h2-4H,1H3,(H2,11,13,14,16). The van der Waals surface area contributed by atoms with E-state index < -0.39 is 10.6 Å². The van der Waals surface area contributed by atoms with E-state index in [-0.39, 0.29) is 17.5 Å². The number of nitrogens with zero attached hydrogens (tertiary/aromatic N) is 4. The molecule has 2 N–H and O–H groups in total. The highest BCUT2D eigenvalue weighted by molar-refractivity contribution is 5.76. The molecule has 0 radical (unpaired) electrons. The van der Waals surface area contributed by atoms with Crippen LogP contribution < -0.4 is 11.1 Å². The number of hydrogen-bond acceptors (Lipinski definition) is 8. The van der Waals surface area contributed by atoms with Crippen molar-refractivity contribution in [3.63, 3.8) is 0 Å². The maximum atomic E-state index is 10.9. The first-order chi connectivity index (χ1) is 9.06. The number of anilines is 1. The van der Waals surface area contributed by atoms with E-state index in [4.69, 9.17) is 4.42 Å². The van der Waals surface area contributed by atoms with Crippen LogP contribution in [0, 0.1) is 17.0 Å². The Labute approximate surface area is 105 Å². The third-order valence-electron chi connectivity index (χ3n) is 2.03. The van der Waals surface area contributed by atoms with Crippen LogP contribution in [0.4, 0.5) is 11.7 Å². The monoisotopic (exact) mass is 264 g/mol. The first kappa shape index (κ1) is 12.4. The summed E-state index contributed by atoms with van der Waals surface area (Å²) in [5.74, 6) is -0.00992. The van der Waals surface area contributed by atoms with Gasteiger partial charge in [-0.15, -0.1) is 0 Å². The van der Waals surface area contributed by atoms with Gasteiger partial charge in [0.05, 0.1) is 12.3 Å². The number of nitro groups is 1. The Morgan fingerprint density at radius 1 is 1.58 bits per heavy atom.